The summed E-state index contributed by atoms with van der Waals surface area (Å²) < 4.78 is 2.71. The molecule has 0 spiro atoms. The molecule has 20 heavy (non-hydrogen) atoms. The molecule has 2 aromatic rings. The Kier molecular flexibility index (Phi) is 4.05. The van der Waals surface area contributed by atoms with E-state index in [0.717, 1.165) is 0 Å². The Balaban J connectivity index is 1.90. The molecular weight excluding hydrogens is 264 g/mol. The quantitative estimate of drug-likeness (QED) is 0.560. The van der Waals surface area contributed by atoms with Gasteiger partial charge in [-0.15, -0.1) is 5.10 Å². The summed E-state index contributed by atoms with van der Waals surface area (Å²) in [7, 11) is 0. The lowest BCUT2D eigenvalue weighted by molar-refractivity contribution is -0.119. The Morgan fingerprint density at radius 1 is 1.25 bits per heavy atom. The van der Waals surface area contributed by atoms with E-state index >= 15 is 0 Å². The molecule has 0 bridgehead atoms. The highest BCUT2D eigenvalue weighted by atomic mass is 16.2. The van der Waals surface area contributed by atoms with Crippen molar-refractivity contribution in [2.75, 3.05) is 5.32 Å². The van der Waals surface area contributed by atoms with Crippen LogP contribution in [0.4, 0.5) is 5.69 Å². The number of nitrogens with two attached hydrogens (primary N) is 2. The van der Waals surface area contributed by atoms with Crippen molar-refractivity contribution in [3.05, 3.63) is 24.3 Å². The Morgan fingerprint density at radius 3 is 2.70 bits per heavy atom. The lowest BCUT2D eigenvalue weighted by atomic mass is 10.4. The van der Waals surface area contributed by atoms with Crippen LogP contribution in [-0.4, -0.2) is 36.6 Å². The van der Waals surface area contributed by atoms with Gasteiger partial charge in [0.2, 0.25) is 11.8 Å². The summed E-state index contributed by atoms with van der Waals surface area (Å²) in [6.07, 6.45) is 4.53. The third-order valence-corrected chi connectivity index (χ3v) is 2.34. The molecule has 10 heteroatoms. The van der Waals surface area contributed by atoms with Gasteiger partial charge in [-0.2, -0.15) is 5.10 Å². The molecule has 0 atom stereocenters. The van der Waals surface area contributed by atoms with Gasteiger partial charge in [0, 0.05) is 12.7 Å². The second-order valence-electron chi connectivity index (χ2n) is 4.05. The van der Waals surface area contributed by atoms with Crippen LogP contribution in [0.3, 0.4) is 0 Å². The Hall–Kier alpha value is -2.75. The SMILES string of the molecule is NCc1cn(CC(=O)Nc2cnn(CC(N)=O)c2)nn1. The van der Waals surface area contributed by atoms with Crippen LogP contribution >= 0.6 is 0 Å². The molecule has 0 unspecified atom stereocenters. The summed E-state index contributed by atoms with van der Waals surface area (Å²) in [5.41, 5.74) is 11.5. The standard InChI is InChI=1S/C10H14N8O2/c11-1-7-3-18(16-15-7)6-10(20)14-8-2-13-17(4-8)5-9(12)19/h2-4H,1,5-6,11H2,(H2,12,19)(H,14,20). The minimum atomic E-state index is -0.511. The smallest absolute Gasteiger partial charge is 0.246 e. The highest BCUT2D eigenvalue weighted by molar-refractivity contribution is 5.90. The van der Waals surface area contributed by atoms with E-state index in [1.165, 1.54) is 21.8 Å². The fraction of sp³-hybridized carbons (Fsp3) is 0.300. The van der Waals surface area contributed by atoms with Crippen LogP contribution in [0.1, 0.15) is 5.69 Å². The molecule has 10 nitrogen and oxygen atoms in total. The molecule has 0 aliphatic heterocycles. The maximum Gasteiger partial charge on any atom is 0.246 e. The van der Waals surface area contributed by atoms with Gasteiger partial charge in [-0.3, -0.25) is 14.3 Å². The minimum Gasteiger partial charge on any atom is -0.368 e. The Labute approximate surface area is 113 Å². The molecule has 2 amide bonds. The van der Waals surface area contributed by atoms with E-state index in [-0.39, 0.29) is 25.5 Å². The van der Waals surface area contributed by atoms with Crippen LogP contribution in [-0.2, 0) is 29.2 Å². The molecule has 2 heterocycles. The fourth-order valence-electron chi connectivity index (χ4n) is 1.53. The molecule has 2 rings (SSSR count). The van der Waals surface area contributed by atoms with Gasteiger partial charge >= 0.3 is 0 Å². The molecule has 0 aliphatic rings. The molecule has 0 aromatic carbocycles. The van der Waals surface area contributed by atoms with Crippen molar-refractivity contribution in [2.24, 2.45) is 11.5 Å². The lowest BCUT2D eigenvalue weighted by Crippen LogP contribution is -2.19. The highest BCUT2D eigenvalue weighted by Crippen LogP contribution is 2.04. The molecule has 5 N–H and O–H groups in total. The fourth-order valence-corrected chi connectivity index (χ4v) is 1.53. The predicted molar refractivity (Wildman–Crippen MR) is 68.0 cm³/mol. The van der Waals surface area contributed by atoms with E-state index in [4.69, 9.17) is 11.5 Å². The predicted octanol–water partition coefficient (Wildman–Crippen LogP) is -1.94. The van der Waals surface area contributed by atoms with Crippen molar-refractivity contribution in [1.82, 2.24) is 24.8 Å². The number of hydrogen-bond donors (Lipinski definition) is 3. The topological polar surface area (TPSA) is 147 Å². The van der Waals surface area contributed by atoms with E-state index in [1.807, 2.05) is 0 Å². The Morgan fingerprint density at radius 2 is 2.05 bits per heavy atom. The van der Waals surface area contributed by atoms with Gasteiger partial charge in [-0.25, -0.2) is 4.68 Å². The highest BCUT2D eigenvalue weighted by Gasteiger charge is 2.08. The summed E-state index contributed by atoms with van der Waals surface area (Å²) in [4.78, 5) is 22.5. The second-order valence-corrected chi connectivity index (χ2v) is 4.05. The zero-order chi connectivity index (χ0) is 14.5. The average Bonchev–Trinajstić information content (AvgIpc) is 2.98. The zero-order valence-electron chi connectivity index (χ0n) is 10.6. The molecule has 0 saturated heterocycles. The van der Waals surface area contributed by atoms with Crippen LogP contribution in [0.2, 0.25) is 0 Å². The van der Waals surface area contributed by atoms with E-state index < -0.39 is 5.91 Å². The van der Waals surface area contributed by atoms with E-state index in [0.29, 0.717) is 11.4 Å². The van der Waals surface area contributed by atoms with Gasteiger partial charge in [0.25, 0.3) is 0 Å². The summed E-state index contributed by atoms with van der Waals surface area (Å²) in [6.45, 7) is 0.230. The number of primary amides is 1. The van der Waals surface area contributed by atoms with E-state index in [9.17, 15) is 9.59 Å². The molecule has 106 valence electrons. The third kappa shape index (κ3) is 3.62. The number of nitrogens with one attached hydrogen (secondary N) is 1. The van der Waals surface area contributed by atoms with Crippen molar-refractivity contribution in [1.29, 1.82) is 0 Å². The molecule has 0 aliphatic carbocycles. The van der Waals surface area contributed by atoms with Crippen LogP contribution in [0.25, 0.3) is 0 Å². The molecular formula is C10H14N8O2. The maximum atomic E-state index is 11.8. The van der Waals surface area contributed by atoms with Gasteiger partial charge in [0.05, 0.1) is 23.8 Å². The van der Waals surface area contributed by atoms with Gasteiger partial charge in [0.15, 0.2) is 0 Å². The Bertz CT molecular complexity index is 616. The normalized spacial score (nSPS) is 10.4. The number of carbonyl (C=O) groups is 2. The number of anilines is 1. The summed E-state index contributed by atoms with van der Waals surface area (Å²) >= 11 is 0. The van der Waals surface area contributed by atoms with Crippen LogP contribution < -0.4 is 16.8 Å². The largest absolute Gasteiger partial charge is 0.368 e. The molecule has 0 fully saturated rings. The van der Waals surface area contributed by atoms with Crippen molar-refractivity contribution >= 4 is 17.5 Å². The summed E-state index contributed by atoms with van der Waals surface area (Å²) in [6, 6.07) is 0. The first-order chi connectivity index (χ1) is 9.56. The molecule has 0 saturated carbocycles. The van der Waals surface area contributed by atoms with Gasteiger partial charge in [-0.1, -0.05) is 5.21 Å². The van der Waals surface area contributed by atoms with E-state index in [2.05, 4.69) is 20.7 Å². The number of amides is 2. The van der Waals surface area contributed by atoms with Crippen molar-refractivity contribution < 1.29 is 9.59 Å². The number of aromatic nitrogens is 5. The minimum absolute atomic E-state index is 0.00794. The van der Waals surface area contributed by atoms with Crippen molar-refractivity contribution in [3.63, 3.8) is 0 Å². The monoisotopic (exact) mass is 278 g/mol. The maximum absolute atomic E-state index is 11.8. The first-order valence-electron chi connectivity index (χ1n) is 5.76. The number of nitrogens with zero attached hydrogens (tertiary/aromatic N) is 5. The van der Waals surface area contributed by atoms with Crippen LogP contribution in [0, 0.1) is 0 Å². The van der Waals surface area contributed by atoms with Crippen LogP contribution in [0.15, 0.2) is 18.6 Å². The number of rotatable bonds is 6. The van der Waals surface area contributed by atoms with Gasteiger partial charge in [0.1, 0.15) is 13.1 Å². The number of hydrogen-bond acceptors (Lipinski definition) is 6. The van der Waals surface area contributed by atoms with Gasteiger partial charge in [-0.05, 0) is 0 Å². The molecule has 2 aromatic heterocycles. The summed E-state index contributed by atoms with van der Waals surface area (Å²) in [5.74, 6) is -0.806. The lowest BCUT2D eigenvalue weighted by Gasteiger charge is -2.01. The average molecular weight is 278 g/mol. The zero-order valence-corrected chi connectivity index (χ0v) is 10.6. The van der Waals surface area contributed by atoms with Crippen molar-refractivity contribution in [3.8, 4) is 0 Å². The summed E-state index contributed by atoms with van der Waals surface area (Å²) in [5, 5.41) is 14.0. The first kappa shape index (κ1) is 13.7. The number of carbonyl (C=O) groups excluding carboxylic acids is 2. The van der Waals surface area contributed by atoms with Gasteiger partial charge < -0.3 is 16.8 Å². The van der Waals surface area contributed by atoms with Crippen LogP contribution in [0.5, 0.6) is 0 Å². The second kappa shape index (κ2) is 5.93. The molecule has 0 radical (unpaired) electrons. The third-order valence-electron chi connectivity index (χ3n) is 2.34. The van der Waals surface area contributed by atoms with E-state index in [1.54, 1.807) is 6.20 Å². The first-order valence-corrected chi connectivity index (χ1v) is 5.76. The van der Waals surface area contributed by atoms with Crippen molar-refractivity contribution in [2.45, 2.75) is 19.6 Å².